The first-order valence-corrected chi connectivity index (χ1v) is 12.4. The van der Waals surface area contributed by atoms with Crippen molar-refractivity contribution in [3.63, 3.8) is 0 Å². The van der Waals surface area contributed by atoms with Gasteiger partial charge in [-0.1, -0.05) is 26.7 Å². The van der Waals surface area contributed by atoms with E-state index in [0.717, 1.165) is 30.2 Å². The molecule has 3 heterocycles. The van der Waals surface area contributed by atoms with E-state index in [1.807, 2.05) is 25.1 Å². The molecule has 0 aliphatic carbocycles. The van der Waals surface area contributed by atoms with Gasteiger partial charge in [-0.15, -0.1) is 0 Å². The first-order valence-electron chi connectivity index (χ1n) is 11.2. The predicted molar refractivity (Wildman–Crippen MR) is 137 cm³/mol. The maximum Gasteiger partial charge on any atom is 0.321 e. The summed E-state index contributed by atoms with van der Waals surface area (Å²) in [5.74, 6) is 1.68. The lowest BCUT2D eigenvalue weighted by atomic mass is 10.2. The van der Waals surface area contributed by atoms with Crippen LogP contribution < -0.4 is 14.2 Å². The molecule has 10 heteroatoms. The zero-order chi connectivity index (χ0) is 24.9. The molecule has 3 aromatic heterocycles. The van der Waals surface area contributed by atoms with E-state index in [2.05, 4.69) is 61.6 Å². The summed E-state index contributed by atoms with van der Waals surface area (Å²) in [5.41, 5.74) is 0.716. The number of pyridine rings is 2. The highest BCUT2D eigenvalue weighted by Crippen LogP contribution is 2.20. The molecule has 184 valence electrons. The number of halogens is 2. The summed E-state index contributed by atoms with van der Waals surface area (Å²) in [6, 6.07) is 7.58. The molecule has 3 aromatic rings. The van der Waals surface area contributed by atoms with Gasteiger partial charge < -0.3 is 14.2 Å². The maximum atomic E-state index is 5.83. The fourth-order valence-corrected chi connectivity index (χ4v) is 3.30. The smallest absolute Gasteiger partial charge is 0.321 e. The van der Waals surface area contributed by atoms with Crippen LogP contribution in [-0.2, 0) is 0 Å². The minimum atomic E-state index is 0.0775. The van der Waals surface area contributed by atoms with Crippen LogP contribution in [-0.4, -0.2) is 44.2 Å². The molecule has 0 aromatic carbocycles. The highest BCUT2D eigenvalue weighted by Gasteiger charge is 2.09. The molecule has 8 nitrogen and oxygen atoms in total. The molecule has 0 saturated heterocycles. The summed E-state index contributed by atoms with van der Waals surface area (Å²) < 4.78 is 17.2. The van der Waals surface area contributed by atoms with E-state index in [9.17, 15) is 0 Å². The van der Waals surface area contributed by atoms with Crippen LogP contribution in [0.2, 0.25) is 5.28 Å². The van der Waals surface area contributed by atoms with Crippen molar-refractivity contribution in [3.05, 3.63) is 46.4 Å². The Hall–Kier alpha value is -2.52. The molecule has 0 fully saturated rings. The summed E-state index contributed by atoms with van der Waals surface area (Å²) in [7, 11) is 1.47. The number of aromatic nitrogens is 5. The molecule has 3 rings (SSSR count). The largest absolute Gasteiger partial charge is 0.475 e. The van der Waals surface area contributed by atoms with Gasteiger partial charge in [-0.25, -0.2) is 9.97 Å². The van der Waals surface area contributed by atoms with Crippen molar-refractivity contribution in [2.24, 2.45) is 0 Å². The highest BCUT2D eigenvalue weighted by atomic mass is 79.9. The summed E-state index contributed by atoms with van der Waals surface area (Å²) in [6.07, 6.45) is 8.04. The number of rotatable bonds is 10. The molecule has 0 bridgehead atoms. The number of methoxy groups -OCH3 is 1. The van der Waals surface area contributed by atoms with Crippen LogP contribution in [0.3, 0.4) is 0 Å². The van der Waals surface area contributed by atoms with Crippen LogP contribution in [0.15, 0.2) is 41.1 Å². The summed E-state index contributed by atoms with van der Waals surface area (Å²) >= 11 is 9.15. The van der Waals surface area contributed by atoms with Crippen molar-refractivity contribution in [1.82, 2.24) is 24.9 Å². The van der Waals surface area contributed by atoms with Crippen molar-refractivity contribution < 1.29 is 14.2 Å². The molecule has 0 radical (unpaired) electrons. The molecule has 0 amide bonds. The van der Waals surface area contributed by atoms with Gasteiger partial charge in [0.05, 0.1) is 19.3 Å². The molecular weight excluding hydrogens is 522 g/mol. The van der Waals surface area contributed by atoms with Crippen LogP contribution in [0, 0.1) is 0 Å². The van der Waals surface area contributed by atoms with Gasteiger partial charge in [0.15, 0.2) is 5.82 Å². The van der Waals surface area contributed by atoms with Crippen molar-refractivity contribution in [3.8, 4) is 29.2 Å². The Kier molecular flexibility index (Phi) is 12.0. The summed E-state index contributed by atoms with van der Waals surface area (Å²) in [4.78, 5) is 20.4. The topological polar surface area (TPSA) is 92.1 Å². The standard InChI is InChI=1S/C14H17ClN4O2.C10H14BrNO/c1-4-5-9(2)21-11-7-6-10(8-16-11)12-17-13(15)19-14(18-12)20-3;1-3-4-8(2)13-10-6-5-9(11)7-12-10/h6-9H,4-5H2,1-3H3;5-8H,3-4H2,1-2H3/t9-;8-/m11/s1. The Balaban J connectivity index is 0.000000270. The third-order valence-electron chi connectivity index (χ3n) is 4.50. The SMILES string of the molecule is CCC[C@@H](C)Oc1ccc(-c2nc(Cl)nc(OC)n2)cn1.CCC[C@@H](C)Oc1ccc(Br)cn1. The molecular formula is C24H31BrClN5O3. The average Bonchev–Trinajstić information content (AvgIpc) is 2.81. The minimum Gasteiger partial charge on any atom is -0.475 e. The van der Waals surface area contributed by atoms with Gasteiger partial charge in [-0.2, -0.15) is 15.0 Å². The van der Waals surface area contributed by atoms with Gasteiger partial charge in [0.1, 0.15) is 0 Å². The number of nitrogens with zero attached hydrogens (tertiary/aromatic N) is 5. The van der Waals surface area contributed by atoms with Crippen molar-refractivity contribution in [1.29, 1.82) is 0 Å². The van der Waals surface area contributed by atoms with Gasteiger partial charge in [-0.05, 0) is 66.4 Å². The molecule has 0 N–H and O–H groups in total. The molecule has 0 aliphatic rings. The molecule has 0 spiro atoms. The van der Waals surface area contributed by atoms with Gasteiger partial charge in [-0.3, -0.25) is 0 Å². The van der Waals surface area contributed by atoms with Crippen molar-refractivity contribution >= 4 is 27.5 Å². The van der Waals surface area contributed by atoms with Crippen LogP contribution in [0.25, 0.3) is 11.4 Å². The number of hydrogen-bond donors (Lipinski definition) is 0. The quantitative estimate of drug-likeness (QED) is 0.279. The Bertz CT molecular complexity index is 993. The van der Waals surface area contributed by atoms with Gasteiger partial charge in [0, 0.05) is 34.6 Å². The maximum absolute atomic E-state index is 5.83. The second-order valence-corrected chi connectivity index (χ2v) is 8.80. The molecule has 0 aliphatic heterocycles. The molecule has 34 heavy (non-hydrogen) atoms. The lowest BCUT2D eigenvalue weighted by Crippen LogP contribution is -2.11. The Morgan fingerprint density at radius 1 is 0.853 bits per heavy atom. The first kappa shape index (κ1) is 27.7. The lowest BCUT2D eigenvalue weighted by Gasteiger charge is -2.12. The third-order valence-corrected chi connectivity index (χ3v) is 5.14. The van der Waals surface area contributed by atoms with Crippen LogP contribution in [0.5, 0.6) is 17.8 Å². The van der Waals surface area contributed by atoms with Crippen LogP contribution in [0.4, 0.5) is 0 Å². The van der Waals surface area contributed by atoms with E-state index >= 15 is 0 Å². The van der Waals surface area contributed by atoms with Gasteiger partial charge >= 0.3 is 6.01 Å². The monoisotopic (exact) mass is 551 g/mol. The van der Waals surface area contributed by atoms with Crippen LogP contribution in [0.1, 0.15) is 53.4 Å². The Morgan fingerprint density at radius 2 is 1.44 bits per heavy atom. The molecule has 2 atom stereocenters. The lowest BCUT2D eigenvalue weighted by molar-refractivity contribution is 0.201. The predicted octanol–water partition coefficient (Wildman–Crippen LogP) is 6.57. The molecule has 0 saturated carbocycles. The summed E-state index contributed by atoms with van der Waals surface area (Å²) in [5, 5.41) is 0.0775. The minimum absolute atomic E-state index is 0.0775. The highest BCUT2D eigenvalue weighted by molar-refractivity contribution is 9.10. The Labute approximate surface area is 214 Å². The number of hydrogen-bond acceptors (Lipinski definition) is 8. The fourth-order valence-electron chi connectivity index (χ4n) is 2.91. The third kappa shape index (κ3) is 9.77. The van der Waals surface area contributed by atoms with Gasteiger partial charge in [0.25, 0.3) is 0 Å². The second-order valence-electron chi connectivity index (χ2n) is 7.55. The zero-order valence-corrected chi connectivity index (χ0v) is 22.5. The fraction of sp³-hybridized carbons (Fsp3) is 0.458. The van der Waals surface area contributed by atoms with E-state index in [4.69, 9.17) is 25.8 Å². The Morgan fingerprint density at radius 3 is 1.91 bits per heavy atom. The van der Waals surface area contributed by atoms with Crippen LogP contribution >= 0.6 is 27.5 Å². The van der Waals surface area contributed by atoms with Crippen molar-refractivity contribution in [2.45, 2.75) is 65.6 Å². The van der Waals surface area contributed by atoms with E-state index < -0.39 is 0 Å². The van der Waals surface area contributed by atoms with Gasteiger partial charge in [0.2, 0.25) is 17.0 Å². The van der Waals surface area contributed by atoms with E-state index in [1.165, 1.54) is 7.11 Å². The average molecular weight is 553 g/mol. The zero-order valence-electron chi connectivity index (χ0n) is 20.2. The van der Waals surface area contributed by atoms with E-state index in [0.29, 0.717) is 23.1 Å². The summed E-state index contributed by atoms with van der Waals surface area (Å²) in [6.45, 7) is 8.35. The molecule has 0 unspecified atom stereocenters. The second kappa shape index (κ2) is 14.7. The van der Waals surface area contributed by atoms with Crippen molar-refractivity contribution in [2.75, 3.05) is 7.11 Å². The normalized spacial score (nSPS) is 12.2. The first-order chi connectivity index (χ1) is 16.3. The van der Waals surface area contributed by atoms with E-state index in [1.54, 1.807) is 18.5 Å². The number of ether oxygens (including phenoxy) is 3. The van der Waals surface area contributed by atoms with E-state index in [-0.39, 0.29) is 23.5 Å².